The van der Waals surface area contributed by atoms with Gasteiger partial charge in [-0.15, -0.1) is 0 Å². The maximum absolute atomic E-state index is 11.4. The van der Waals surface area contributed by atoms with E-state index >= 15 is 0 Å². The molecule has 0 radical (unpaired) electrons. The van der Waals surface area contributed by atoms with Gasteiger partial charge in [0.1, 0.15) is 17.3 Å². The van der Waals surface area contributed by atoms with Gasteiger partial charge in [0.15, 0.2) is 0 Å². The van der Waals surface area contributed by atoms with Gasteiger partial charge in [-0.1, -0.05) is 38.1 Å². The van der Waals surface area contributed by atoms with Crippen LogP contribution in [0.1, 0.15) is 63.0 Å². The number of hydrogen-bond acceptors (Lipinski definition) is 6. The van der Waals surface area contributed by atoms with Crippen LogP contribution in [0.15, 0.2) is 66.9 Å². The number of rotatable bonds is 14. The summed E-state index contributed by atoms with van der Waals surface area (Å²) >= 11 is 0. The number of pyridine rings is 1. The van der Waals surface area contributed by atoms with Crippen molar-refractivity contribution in [1.29, 1.82) is 0 Å². The first-order valence-corrected chi connectivity index (χ1v) is 15.4. The normalized spacial score (nSPS) is 16.3. The van der Waals surface area contributed by atoms with E-state index in [2.05, 4.69) is 71.1 Å². The van der Waals surface area contributed by atoms with Crippen molar-refractivity contribution in [3.8, 4) is 11.5 Å². The van der Waals surface area contributed by atoms with Crippen LogP contribution in [0.4, 0.5) is 11.5 Å². The Balaban J connectivity index is 1.22. The predicted octanol–water partition coefficient (Wildman–Crippen LogP) is 7.02. The molecule has 7 nitrogen and oxygen atoms in total. The monoisotopic (exact) mass is 571 g/mol. The third-order valence-corrected chi connectivity index (χ3v) is 8.53. The highest BCUT2D eigenvalue weighted by Gasteiger charge is 2.34. The van der Waals surface area contributed by atoms with Crippen molar-refractivity contribution in [2.45, 2.75) is 58.4 Å². The van der Waals surface area contributed by atoms with Crippen molar-refractivity contribution in [2.24, 2.45) is 17.8 Å². The fraction of sp³-hybridized carbons (Fsp3) is 0.486. The number of ether oxygens (including phenoxy) is 2. The van der Waals surface area contributed by atoms with Crippen LogP contribution in [-0.2, 0) is 11.3 Å². The number of aromatic nitrogens is 1. The molecule has 1 aliphatic carbocycles. The van der Waals surface area contributed by atoms with Gasteiger partial charge in [-0.05, 0) is 90.8 Å². The molecule has 0 amide bonds. The Bertz CT molecular complexity index is 1300. The van der Waals surface area contributed by atoms with Gasteiger partial charge >= 0.3 is 5.97 Å². The first-order chi connectivity index (χ1) is 20.4. The van der Waals surface area contributed by atoms with Gasteiger partial charge < -0.3 is 24.4 Å². The van der Waals surface area contributed by atoms with Crippen LogP contribution in [0.25, 0.3) is 0 Å². The largest absolute Gasteiger partial charge is 0.497 e. The topological polar surface area (TPSA) is 75.1 Å². The molecule has 2 fully saturated rings. The molecule has 1 atom stereocenters. The van der Waals surface area contributed by atoms with Gasteiger partial charge in [0.25, 0.3) is 0 Å². The van der Waals surface area contributed by atoms with Crippen molar-refractivity contribution in [3.63, 3.8) is 0 Å². The van der Waals surface area contributed by atoms with Gasteiger partial charge in [-0.3, -0.25) is 4.79 Å². The molecule has 2 heterocycles. The van der Waals surface area contributed by atoms with Gasteiger partial charge in [0.05, 0.1) is 20.1 Å². The zero-order valence-electron chi connectivity index (χ0n) is 25.2. The van der Waals surface area contributed by atoms with E-state index in [9.17, 15) is 9.90 Å². The predicted molar refractivity (Wildman–Crippen MR) is 168 cm³/mol. The summed E-state index contributed by atoms with van der Waals surface area (Å²) < 4.78 is 11.9. The average molecular weight is 572 g/mol. The van der Waals surface area contributed by atoms with Crippen LogP contribution in [0, 0.1) is 17.8 Å². The lowest BCUT2D eigenvalue weighted by atomic mass is 9.91. The number of carbonyl (C=O) groups is 1. The minimum absolute atomic E-state index is 0.0838. The van der Waals surface area contributed by atoms with Crippen LogP contribution in [-0.4, -0.2) is 49.4 Å². The summed E-state index contributed by atoms with van der Waals surface area (Å²) in [6.07, 6.45) is 6.40. The Kier molecular flexibility index (Phi) is 9.88. The van der Waals surface area contributed by atoms with Gasteiger partial charge in [-0.25, -0.2) is 4.98 Å². The molecule has 5 rings (SSSR count). The van der Waals surface area contributed by atoms with E-state index in [0.717, 1.165) is 74.7 Å². The summed E-state index contributed by atoms with van der Waals surface area (Å²) in [5.74, 6) is 3.56. The number of aliphatic carboxylic acids is 1. The zero-order chi connectivity index (χ0) is 29.5. The van der Waals surface area contributed by atoms with Gasteiger partial charge in [-0.2, -0.15) is 0 Å². The SMILES string of the molecule is COc1ccc(CN(CC(C)C)c2ccccn2)c(N2CCC(COc3cccc(C(CC(=O)O)C4CC4)c3)CC2)c1. The van der Waals surface area contributed by atoms with Crippen LogP contribution in [0.5, 0.6) is 11.5 Å². The molecule has 0 bridgehead atoms. The second-order valence-corrected chi connectivity index (χ2v) is 12.3. The van der Waals surface area contributed by atoms with E-state index in [-0.39, 0.29) is 12.3 Å². The molecule has 0 spiro atoms. The highest BCUT2D eigenvalue weighted by Crippen LogP contribution is 2.45. The average Bonchev–Trinajstić information content (AvgIpc) is 3.85. The summed E-state index contributed by atoms with van der Waals surface area (Å²) in [7, 11) is 1.73. The number of methoxy groups -OCH3 is 1. The number of benzene rings is 2. The Hall–Kier alpha value is -3.74. The Labute approximate surface area is 250 Å². The molecule has 1 aliphatic heterocycles. The molecule has 2 aliphatic rings. The van der Waals surface area contributed by atoms with E-state index in [1.807, 2.05) is 24.4 Å². The minimum atomic E-state index is -0.728. The minimum Gasteiger partial charge on any atom is -0.497 e. The molecule has 224 valence electrons. The molecule has 2 aromatic carbocycles. The van der Waals surface area contributed by atoms with Crippen molar-refractivity contribution in [3.05, 3.63) is 78.0 Å². The lowest BCUT2D eigenvalue weighted by Crippen LogP contribution is -2.37. The number of nitrogens with zero attached hydrogens (tertiary/aromatic N) is 3. The lowest BCUT2D eigenvalue weighted by molar-refractivity contribution is -0.137. The van der Waals surface area contributed by atoms with Crippen molar-refractivity contribution < 1.29 is 19.4 Å². The molecule has 1 aromatic heterocycles. The molecule has 1 N–H and O–H groups in total. The number of carboxylic acid groups (broad SMARTS) is 1. The van der Waals surface area contributed by atoms with Crippen LogP contribution < -0.4 is 19.3 Å². The van der Waals surface area contributed by atoms with Crippen LogP contribution in [0.3, 0.4) is 0 Å². The third-order valence-electron chi connectivity index (χ3n) is 8.53. The molecule has 1 saturated carbocycles. The summed E-state index contributed by atoms with van der Waals surface area (Å²) in [5, 5.41) is 9.40. The lowest BCUT2D eigenvalue weighted by Gasteiger charge is -2.36. The summed E-state index contributed by atoms with van der Waals surface area (Å²) in [6, 6.07) is 20.7. The quantitative estimate of drug-likeness (QED) is 0.223. The number of piperidine rings is 1. The van der Waals surface area contributed by atoms with Crippen molar-refractivity contribution in [1.82, 2.24) is 4.98 Å². The van der Waals surface area contributed by atoms with E-state index < -0.39 is 5.97 Å². The fourth-order valence-electron chi connectivity index (χ4n) is 6.16. The first-order valence-electron chi connectivity index (χ1n) is 15.4. The maximum atomic E-state index is 11.4. The van der Waals surface area contributed by atoms with Gasteiger partial charge in [0.2, 0.25) is 0 Å². The number of hydrogen-bond donors (Lipinski definition) is 1. The van der Waals surface area contributed by atoms with Gasteiger partial charge in [0, 0.05) is 44.1 Å². The molecular formula is C35H45N3O4. The summed E-state index contributed by atoms with van der Waals surface area (Å²) in [6.45, 7) is 8.81. The molecule has 1 unspecified atom stereocenters. The number of carboxylic acids is 1. The molecular weight excluding hydrogens is 526 g/mol. The highest BCUT2D eigenvalue weighted by atomic mass is 16.5. The molecule has 42 heavy (non-hydrogen) atoms. The smallest absolute Gasteiger partial charge is 0.303 e. The van der Waals surface area contributed by atoms with Crippen molar-refractivity contribution in [2.75, 3.05) is 43.2 Å². The first kappa shape index (κ1) is 29.7. The maximum Gasteiger partial charge on any atom is 0.303 e. The fourth-order valence-corrected chi connectivity index (χ4v) is 6.16. The Morgan fingerprint density at radius 1 is 1.02 bits per heavy atom. The molecule has 1 saturated heterocycles. The zero-order valence-corrected chi connectivity index (χ0v) is 25.2. The molecule has 7 heteroatoms. The second kappa shape index (κ2) is 14.0. The van der Waals surface area contributed by atoms with E-state index in [4.69, 9.17) is 9.47 Å². The second-order valence-electron chi connectivity index (χ2n) is 12.3. The van der Waals surface area contributed by atoms with E-state index in [1.54, 1.807) is 7.11 Å². The third kappa shape index (κ3) is 7.96. The number of anilines is 2. The van der Waals surface area contributed by atoms with Crippen LogP contribution >= 0.6 is 0 Å². The van der Waals surface area contributed by atoms with Crippen molar-refractivity contribution >= 4 is 17.5 Å². The van der Waals surface area contributed by atoms with Crippen LogP contribution in [0.2, 0.25) is 0 Å². The molecule has 3 aromatic rings. The highest BCUT2D eigenvalue weighted by molar-refractivity contribution is 5.68. The Morgan fingerprint density at radius 3 is 2.50 bits per heavy atom. The van der Waals surface area contributed by atoms with E-state index in [1.165, 1.54) is 11.3 Å². The summed E-state index contributed by atoms with van der Waals surface area (Å²) in [5.41, 5.74) is 3.60. The Morgan fingerprint density at radius 2 is 1.83 bits per heavy atom. The van der Waals surface area contributed by atoms with E-state index in [0.29, 0.717) is 24.4 Å². The summed E-state index contributed by atoms with van der Waals surface area (Å²) in [4.78, 5) is 20.9. The standard InChI is InChI=1S/C35H45N3O4/c1-25(2)22-38(34-9-4-5-16-36-34)23-29-12-13-30(41-3)20-33(29)37-17-14-26(15-18-37)24-42-31-8-6-7-28(19-31)32(21-35(39)40)27-10-11-27/h4-9,12-13,16,19-20,25-27,32H,10-11,14-15,17-18,21-24H2,1-3H3,(H,39,40).